The lowest BCUT2D eigenvalue weighted by molar-refractivity contribution is -0.128. The van der Waals surface area contributed by atoms with Crippen LogP contribution in [0.1, 0.15) is 24.5 Å². The van der Waals surface area contributed by atoms with E-state index in [0.29, 0.717) is 13.0 Å². The van der Waals surface area contributed by atoms with Crippen LogP contribution in [0.4, 0.5) is 0 Å². The predicted octanol–water partition coefficient (Wildman–Crippen LogP) is 4.62. The molecule has 3 heteroatoms. The normalized spacial score (nSPS) is 11.9. The van der Waals surface area contributed by atoms with Crippen molar-refractivity contribution in [1.82, 2.24) is 5.32 Å². The van der Waals surface area contributed by atoms with Gasteiger partial charge < -0.3 is 10.1 Å². The van der Waals surface area contributed by atoms with E-state index in [-0.39, 0.29) is 5.91 Å². The van der Waals surface area contributed by atoms with Crippen LogP contribution in [-0.2, 0) is 11.3 Å². The third-order valence-corrected chi connectivity index (χ3v) is 4.31. The zero-order chi connectivity index (χ0) is 17.6. The zero-order valence-electron chi connectivity index (χ0n) is 14.7. The lowest BCUT2D eigenvalue weighted by Crippen LogP contribution is -2.37. The van der Waals surface area contributed by atoms with E-state index in [4.69, 9.17) is 4.74 Å². The van der Waals surface area contributed by atoms with E-state index in [1.165, 1.54) is 10.8 Å². The topological polar surface area (TPSA) is 38.3 Å². The molecule has 0 spiro atoms. The Kier molecular flexibility index (Phi) is 5.34. The van der Waals surface area contributed by atoms with Crippen molar-refractivity contribution in [3.63, 3.8) is 0 Å². The zero-order valence-corrected chi connectivity index (χ0v) is 14.7. The Labute approximate surface area is 148 Å². The number of benzene rings is 3. The fourth-order valence-electron chi connectivity index (χ4n) is 2.82. The molecule has 1 atom stereocenters. The van der Waals surface area contributed by atoms with Gasteiger partial charge in [-0.3, -0.25) is 4.79 Å². The van der Waals surface area contributed by atoms with Crippen molar-refractivity contribution in [2.45, 2.75) is 32.9 Å². The molecule has 0 aromatic heterocycles. The molecule has 0 aliphatic heterocycles. The standard InChI is InChI=1S/C22H23NO2/c1-3-20(25-21-11-7-4-8-16(21)2)22(24)23-15-17-12-13-18-9-5-6-10-19(18)14-17/h4-14,20H,3,15H2,1-2H3,(H,23,24)/t20-/m0/s1. The number of rotatable bonds is 6. The maximum absolute atomic E-state index is 12.5. The molecule has 3 aromatic carbocycles. The Morgan fingerprint density at radius 2 is 1.72 bits per heavy atom. The van der Waals surface area contributed by atoms with Gasteiger partial charge in [-0.2, -0.15) is 0 Å². The lowest BCUT2D eigenvalue weighted by atomic mass is 10.1. The smallest absolute Gasteiger partial charge is 0.261 e. The van der Waals surface area contributed by atoms with Gasteiger partial charge in [0.2, 0.25) is 0 Å². The van der Waals surface area contributed by atoms with E-state index in [1.54, 1.807) is 0 Å². The molecule has 1 N–H and O–H groups in total. The first-order valence-electron chi connectivity index (χ1n) is 8.65. The number of fused-ring (bicyclic) bond motifs is 1. The van der Waals surface area contributed by atoms with Crippen LogP contribution in [0.3, 0.4) is 0 Å². The maximum atomic E-state index is 12.5. The van der Waals surface area contributed by atoms with Crippen molar-refractivity contribution in [2.75, 3.05) is 0 Å². The SMILES string of the molecule is CC[C@H](Oc1ccccc1C)C(=O)NCc1ccc2ccccc2c1. The number of carbonyl (C=O) groups is 1. The van der Waals surface area contributed by atoms with Gasteiger partial charge in [0.1, 0.15) is 5.75 Å². The van der Waals surface area contributed by atoms with Gasteiger partial charge in [0.05, 0.1) is 0 Å². The Hall–Kier alpha value is -2.81. The van der Waals surface area contributed by atoms with Gasteiger partial charge in [-0.05, 0) is 47.4 Å². The highest BCUT2D eigenvalue weighted by molar-refractivity contribution is 5.84. The molecule has 3 aromatic rings. The van der Waals surface area contributed by atoms with Crippen LogP contribution in [0.25, 0.3) is 10.8 Å². The van der Waals surface area contributed by atoms with Crippen LogP contribution in [0.2, 0.25) is 0 Å². The van der Waals surface area contributed by atoms with Crippen molar-refractivity contribution in [3.05, 3.63) is 77.9 Å². The molecule has 0 bridgehead atoms. The second-order valence-electron chi connectivity index (χ2n) is 6.18. The minimum absolute atomic E-state index is 0.0843. The Morgan fingerprint density at radius 3 is 2.48 bits per heavy atom. The van der Waals surface area contributed by atoms with Crippen LogP contribution in [-0.4, -0.2) is 12.0 Å². The minimum atomic E-state index is -0.485. The summed E-state index contributed by atoms with van der Waals surface area (Å²) in [7, 11) is 0. The van der Waals surface area contributed by atoms with Crippen LogP contribution in [0.5, 0.6) is 5.75 Å². The molecule has 3 nitrogen and oxygen atoms in total. The van der Waals surface area contributed by atoms with Gasteiger partial charge in [-0.1, -0.05) is 61.5 Å². The summed E-state index contributed by atoms with van der Waals surface area (Å²) in [6.07, 6.45) is 0.138. The van der Waals surface area contributed by atoms with E-state index in [9.17, 15) is 4.79 Å². The van der Waals surface area contributed by atoms with E-state index in [0.717, 1.165) is 16.9 Å². The van der Waals surface area contributed by atoms with Crippen LogP contribution in [0.15, 0.2) is 66.7 Å². The van der Waals surface area contributed by atoms with Crippen molar-refractivity contribution < 1.29 is 9.53 Å². The van der Waals surface area contributed by atoms with Crippen molar-refractivity contribution in [2.24, 2.45) is 0 Å². The van der Waals surface area contributed by atoms with E-state index in [2.05, 4.69) is 29.6 Å². The third-order valence-electron chi connectivity index (χ3n) is 4.31. The molecule has 25 heavy (non-hydrogen) atoms. The lowest BCUT2D eigenvalue weighted by Gasteiger charge is -2.18. The summed E-state index contributed by atoms with van der Waals surface area (Å²) in [6, 6.07) is 22.2. The molecule has 0 unspecified atom stereocenters. The molecule has 0 fully saturated rings. The molecule has 128 valence electrons. The number of ether oxygens (including phenoxy) is 1. The predicted molar refractivity (Wildman–Crippen MR) is 102 cm³/mol. The summed E-state index contributed by atoms with van der Waals surface area (Å²) in [6.45, 7) is 4.44. The molecule has 0 radical (unpaired) electrons. The van der Waals surface area contributed by atoms with E-state index >= 15 is 0 Å². The molecule has 0 heterocycles. The van der Waals surface area contributed by atoms with Crippen molar-refractivity contribution in [3.8, 4) is 5.75 Å². The number of carbonyl (C=O) groups excluding carboxylic acids is 1. The number of amides is 1. The van der Waals surface area contributed by atoms with Gasteiger partial charge in [0.15, 0.2) is 6.10 Å². The first-order chi connectivity index (χ1) is 12.2. The summed E-state index contributed by atoms with van der Waals surface area (Å²) >= 11 is 0. The Balaban J connectivity index is 1.64. The Bertz CT molecular complexity index is 873. The number of para-hydroxylation sites is 1. The number of nitrogens with one attached hydrogen (secondary N) is 1. The van der Waals surface area contributed by atoms with Crippen LogP contribution < -0.4 is 10.1 Å². The van der Waals surface area contributed by atoms with Gasteiger partial charge >= 0.3 is 0 Å². The molecule has 0 saturated carbocycles. The minimum Gasteiger partial charge on any atom is -0.480 e. The quantitative estimate of drug-likeness (QED) is 0.715. The Morgan fingerprint density at radius 1 is 1.00 bits per heavy atom. The van der Waals surface area contributed by atoms with Crippen molar-refractivity contribution in [1.29, 1.82) is 0 Å². The van der Waals surface area contributed by atoms with Gasteiger partial charge in [-0.25, -0.2) is 0 Å². The van der Waals surface area contributed by atoms with Gasteiger partial charge in [0, 0.05) is 6.54 Å². The molecular weight excluding hydrogens is 310 g/mol. The average molecular weight is 333 g/mol. The highest BCUT2D eigenvalue weighted by Gasteiger charge is 2.18. The molecule has 0 aliphatic rings. The second-order valence-corrected chi connectivity index (χ2v) is 6.18. The summed E-state index contributed by atoms with van der Waals surface area (Å²) in [4.78, 5) is 12.5. The molecule has 0 aliphatic carbocycles. The van der Waals surface area contributed by atoms with E-state index in [1.807, 2.05) is 56.3 Å². The first-order valence-corrected chi connectivity index (χ1v) is 8.65. The number of aryl methyl sites for hydroxylation is 1. The summed E-state index contributed by atoms with van der Waals surface area (Å²) in [5.41, 5.74) is 2.11. The summed E-state index contributed by atoms with van der Waals surface area (Å²) in [5, 5.41) is 5.37. The monoisotopic (exact) mass is 333 g/mol. The summed E-state index contributed by atoms with van der Waals surface area (Å²) in [5.74, 6) is 0.675. The highest BCUT2D eigenvalue weighted by atomic mass is 16.5. The first kappa shape index (κ1) is 17.0. The fraction of sp³-hybridized carbons (Fsp3) is 0.227. The number of hydrogen-bond donors (Lipinski definition) is 1. The molecular formula is C22H23NO2. The van der Waals surface area contributed by atoms with Gasteiger partial charge in [0.25, 0.3) is 5.91 Å². The summed E-state index contributed by atoms with van der Waals surface area (Å²) < 4.78 is 5.90. The number of hydrogen-bond acceptors (Lipinski definition) is 2. The second kappa shape index (κ2) is 7.84. The third kappa shape index (κ3) is 4.18. The van der Waals surface area contributed by atoms with Crippen molar-refractivity contribution >= 4 is 16.7 Å². The average Bonchev–Trinajstić information content (AvgIpc) is 2.65. The van der Waals surface area contributed by atoms with Crippen LogP contribution in [0, 0.1) is 6.92 Å². The largest absolute Gasteiger partial charge is 0.480 e. The van der Waals surface area contributed by atoms with Gasteiger partial charge in [-0.15, -0.1) is 0 Å². The highest BCUT2D eigenvalue weighted by Crippen LogP contribution is 2.19. The fourth-order valence-corrected chi connectivity index (χ4v) is 2.82. The van der Waals surface area contributed by atoms with E-state index < -0.39 is 6.10 Å². The molecule has 0 saturated heterocycles. The van der Waals surface area contributed by atoms with Crippen LogP contribution >= 0.6 is 0 Å². The molecule has 1 amide bonds. The maximum Gasteiger partial charge on any atom is 0.261 e. The molecule has 3 rings (SSSR count).